The first-order valence-corrected chi connectivity index (χ1v) is 7.26. The zero-order valence-corrected chi connectivity index (χ0v) is 11.3. The molecule has 0 aromatic heterocycles. The Kier molecular flexibility index (Phi) is 4.24. The number of Topliss-reactive ketones (excluding diaryl/α,β-unsaturated/α-hetero) is 1. The Balaban J connectivity index is 2.06. The smallest absolute Gasteiger partial charge is 0.144 e. The fourth-order valence-electron chi connectivity index (χ4n) is 3.76. The zero-order chi connectivity index (χ0) is 12.3. The zero-order valence-electron chi connectivity index (χ0n) is 11.3. The van der Waals surface area contributed by atoms with E-state index in [-0.39, 0.29) is 11.3 Å². The van der Waals surface area contributed by atoms with Gasteiger partial charge in [-0.3, -0.25) is 4.79 Å². The summed E-state index contributed by atoms with van der Waals surface area (Å²) in [7, 11) is 0. The summed E-state index contributed by atoms with van der Waals surface area (Å²) in [4.78, 5) is 12.8. The van der Waals surface area contributed by atoms with Crippen molar-refractivity contribution >= 4 is 5.78 Å². The minimum absolute atomic E-state index is 0.0134. The Hall–Kier alpha value is -0.370. The Morgan fingerprint density at radius 3 is 2.53 bits per heavy atom. The topological polar surface area (TPSA) is 26.3 Å². The van der Waals surface area contributed by atoms with Crippen LogP contribution in [0.25, 0.3) is 0 Å². The van der Waals surface area contributed by atoms with Crippen molar-refractivity contribution in [3.63, 3.8) is 0 Å². The summed E-state index contributed by atoms with van der Waals surface area (Å²) >= 11 is 0. The number of hydrogen-bond acceptors (Lipinski definition) is 2. The van der Waals surface area contributed by atoms with Crippen LogP contribution >= 0.6 is 0 Å². The van der Waals surface area contributed by atoms with Crippen LogP contribution in [0.15, 0.2) is 0 Å². The molecule has 2 aliphatic rings. The van der Waals surface area contributed by atoms with Gasteiger partial charge in [-0.25, -0.2) is 0 Å². The third-order valence-corrected chi connectivity index (χ3v) is 4.41. The quantitative estimate of drug-likeness (QED) is 0.748. The average molecular weight is 238 g/mol. The lowest BCUT2D eigenvalue weighted by Crippen LogP contribution is -2.38. The Morgan fingerprint density at radius 1 is 1.29 bits per heavy atom. The largest absolute Gasteiger partial charge is 0.381 e. The first kappa shape index (κ1) is 13.1. The lowest BCUT2D eigenvalue weighted by Gasteiger charge is -2.34. The van der Waals surface area contributed by atoms with E-state index >= 15 is 0 Å². The molecule has 0 spiro atoms. The summed E-state index contributed by atoms with van der Waals surface area (Å²) in [5.74, 6) is 1.35. The van der Waals surface area contributed by atoms with E-state index in [0.717, 1.165) is 38.7 Å². The molecule has 1 heterocycles. The molecule has 0 aromatic carbocycles. The van der Waals surface area contributed by atoms with E-state index in [1.165, 1.54) is 12.8 Å². The number of ether oxygens (including phenoxy) is 1. The lowest BCUT2D eigenvalue weighted by atomic mass is 9.70. The van der Waals surface area contributed by atoms with Crippen LogP contribution in [0.3, 0.4) is 0 Å². The second-order valence-corrected chi connectivity index (χ2v) is 6.36. The molecular weight excluding hydrogens is 212 g/mol. The second-order valence-electron chi connectivity index (χ2n) is 6.36. The molecule has 0 amide bonds. The van der Waals surface area contributed by atoms with Crippen LogP contribution in [0.4, 0.5) is 0 Å². The molecule has 2 nitrogen and oxygen atoms in total. The molecule has 1 atom stereocenters. The van der Waals surface area contributed by atoms with Gasteiger partial charge in [-0.15, -0.1) is 0 Å². The Bertz CT molecular complexity index is 258. The van der Waals surface area contributed by atoms with Gasteiger partial charge in [-0.05, 0) is 38.0 Å². The van der Waals surface area contributed by atoms with E-state index in [9.17, 15) is 4.79 Å². The molecule has 0 bridgehead atoms. The molecule has 17 heavy (non-hydrogen) atoms. The van der Waals surface area contributed by atoms with Crippen molar-refractivity contribution in [3.8, 4) is 0 Å². The summed E-state index contributed by atoms with van der Waals surface area (Å²) in [5, 5.41) is 0. The van der Waals surface area contributed by atoms with Gasteiger partial charge >= 0.3 is 0 Å². The molecule has 2 heteroatoms. The maximum atomic E-state index is 12.8. The third-order valence-electron chi connectivity index (χ3n) is 4.41. The highest BCUT2D eigenvalue weighted by Crippen LogP contribution is 2.46. The first-order valence-electron chi connectivity index (χ1n) is 7.26. The van der Waals surface area contributed by atoms with Crippen LogP contribution in [-0.2, 0) is 9.53 Å². The van der Waals surface area contributed by atoms with Crippen molar-refractivity contribution in [3.05, 3.63) is 0 Å². The Morgan fingerprint density at radius 2 is 2.00 bits per heavy atom. The van der Waals surface area contributed by atoms with Crippen LogP contribution in [-0.4, -0.2) is 19.0 Å². The molecule has 2 fully saturated rings. The highest BCUT2D eigenvalue weighted by molar-refractivity contribution is 5.87. The summed E-state index contributed by atoms with van der Waals surface area (Å²) in [6, 6.07) is 0. The third kappa shape index (κ3) is 2.90. The van der Waals surface area contributed by atoms with Crippen molar-refractivity contribution < 1.29 is 9.53 Å². The van der Waals surface area contributed by atoms with Gasteiger partial charge in [0.05, 0.1) is 6.61 Å². The maximum absolute atomic E-state index is 12.8. The van der Waals surface area contributed by atoms with Gasteiger partial charge in [0, 0.05) is 17.9 Å². The monoisotopic (exact) mass is 238 g/mol. The van der Waals surface area contributed by atoms with Crippen LogP contribution < -0.4 is 0 Å². The second kappa shape index (κ2) is 5.51. The first-order chi connectivity index (χ1) is 8.14. The highest BCUT2D eigenvalue weighted by atomic mass is 16.5. The van der Waals surface area contributed by atoms with Gasteiger partial charge in [0.15, 0.2) is 0 Å². The fourth-order valence-corrected chi connectivity index (χ4v) is 3.76. The summed E-state index contributed by atoms with van der Waals surface area (Å²) in [5.41, 5.74) is 0.0134. The lowest BCUT2D eigenvalue weighted by molar-refractivity contribution is -0.137. The maximum Gasteiger partial charge on any atom is 0.144 e. The van der Waals surface area contributed by atoms with Gasteiger partial charge in [0.2, 0.25) is 0 Å². The van der Waals surface area contributed by atoms with E-state index in [2.05, 4.69) is 13.8 Å². The summed E-state index contributed by atoms with van der Waals surface area (Å²) < 4.78 is 5.49. The number of carbonyl (C=O) groups excluding carboxylic acids is 1. The molecule has 1 aliphatic carbocycles. The normalized spacial score (nSPS) is 28.5. The predicted molar refractivity (Wildman–Crippen MR) is 68.9 cm³/mol. The average Bonchev–Trinajstić information content (AvgIpc) is 2.78. The number of ketones is 1. The molecule has 1 saturated carbocycles. The summed E-state index contributed by atoms with van der Waals surface area (Å²) in [6.45, 7) is 6.01. The Labute approximate surface area is 105 Å². The predicted octanol–water partition coefficient (Wildman–Crippen LogP) is 3.59. The van der Waals surface area contributed by atoms with Gasteiger partial charge in [-0.2, -0.15) is 0 Å². The SMILES string of the molecule is CC(C)CC1(C(=O)C2CCCOC2)CCCC1. The van der Waals surface area contributed by atoms with Crippen LogP contribution in [0.5, 0.6) is 0 Å². The van der Waals surface area contributed by atoms with E-state index < -0.39 is 0 Å². The summed E-state index contributed by atoms with van der Waals surface area (Å²) in [6.07, 6.45) is 7.94. The van der Waals surface area contributed by atoms with E-state index in [0.29, 0.717) is 18.3 Å². The van der Waals surface area contributed by atoms with Gasteiger partial charge in [0.1, 0.15) is 5.78 Å². The van der Waals surface area contributed by atoms with Crippen LogP contribution in [0.2, 0.25) is 0 Å². The van der Waals surface area contributed by atoms with E-state index in [1.807, 2.05) is 0 Å². The molecular formula is C15H26O2. The molecule has 98 valence electrons. The molecule has 0 aromatic rings. The minimum atomic E-state index is 0.0134. The minimum Gasteiger partial charge on any atom is -0.381 e. The molecule has 0 radical (unpaired) electrons. The van der Waals surface area contributed by atoms with Crippen LogP contribution in [0, 0.1) is 17.3 Å². The number of carbonyl (C=O) groups is 1. The van der Waals surface area contributed by atoms with Crippen molar-refractivity contribution in [1.82, 2.24) is 0 Å². The van der Waals surface area contributed by atoms with E-state index in [1.54, 1.807) is 0 Å². The fraction of sp³-hybridized carbons (Fsp3) is 0.933. The van der Waals surface area contributed by atoms with Gasteiger partial charge < -0.3 is 4.74 Å². The van der Waals surface area contributed by atoms with Gasteiger partial charge in [0.25, 0.3) is 0 Å². The molecule has 1 aliphatic heterocycles. The van der Waals surface area contributed by atoms with Crippen LogP contribution in [0.1, 0.15) is 58.8 Å². The van der Waals surface area contributed by atoms with Crippen molar-refractivity contribution in [2.75, 3.05) is 13.2 Å². The molecule has 1 unspecified atom stereocenters. The van der Waals surface area contributed by atoms with Crippen molar-refractivity contribution in [2.45, 2.75) is 58.8 Å². The molecule has 2 rings (SSSR count). The number of rotatable bonds is 4. The van der Waals surface area contributed by atoms with E-state index in [4.69, 9.17) is 4.74 Å². The van der Waals surface area contributed by atoms with Crippen molar-refractivity contribution in [1.29, 1.82) is 0 Å². The number of hydrogen-bond donors (Lipinski definition) is 0. The highest BCUT2D eigenvalue weighted by Gasteiger charge is 2.44. The van der Waals surface area contributed by atoms with Gasteiger partial charge in [-0.1, -0.05) is 26.7 Å². The standard InChI is InChI=1S/C15H26O2/c1-12(2)10-15(7-3-4-8-15)14(16)13-6-5-9-17-11-13/h12-13H,3-11H2,1-2H3. The molecule has 1 saturated heterocycles. The van der Waals surface area contributed by atoms with Crippen molar-refractivity contribution in [2.24, 2.45) is 17.3 Å². The molecule has 0 N–H and O–H groups in total.